The summed E-state index contributed by atoms with van der Waals surface area (Å²) in [7, 11) is 0. The maximum Gasteiger partial charge on any atom is 0.359 e. The number of rotatable bonds is 4. The molecule has 2 amide bonds. The number of hydrogen-bond donors (Lipinski definition) is 0. The van der Waals surface area contributed by atoms with Gasteiger partial charge in [0.15, 0.2) is 12.3 Å². The lowest BCUT2D eigenvalue weighted by Gasteiger charge is -2.34. The van der Waals surface area contributed by atoms with E-state index in [0.717, 1.165) is 0 Å². The first-order chi connectivity index (χ1) is 12.5. The lowest BCUT2D eigenvalue weighted by molar-refractivity contribution is -0.136. The van der Waals surface area contributed by atoms with Crippen LogP contribution in [0.3, 0.4) is 0 Å². The van der Waals surface area contributed by atoms with E-state index in [1.54, 1.807) is 22.8 Å². The Hall–Kier alpha value is -2.81. The van der Waals surface area contributed by atoms with Gasteiger partial charge in [-0.3, -0.25) is 14.6 Å². The number of aryl methyl sites for hydroxylation is 1. The van der Waals surface area contributed by atoms with E-state index in [9.17, 15) is 14.4 Å². The number of aromatic nitrogens is 2. The zero-order valence-corrected chi connectivity index (χ0v) is 15.1. The van der Waals surface area contributed by atoms with Crippen LogP contribution in [0.25, 0.3) is 0 Å². The molecule has 1 fully saturated rings. The van der Waals surface area contributed by atoms with Crippen LogP contribution in [-0.4, -0.2) is 70.3 Å². The minimum Gasteiger partial charge on any atom is -0.451 e. The van der Waals surface area contributed by atoms with Gasteiger partial charge in [0, 0.05) is 32.4 Å². The molecule has 0 unspecified atom stereocenters. The number of hydrogen-bond acceptors (Lipinski definition) is 7. The summed E-state index contributed by atoms with van der Waals surface area (Å²) in [4.78, 5) is 48.2. The highest BCUT2D eigenvalue weighted by atomic mass is 32.1. The monoisotopic (exact) mass is 374 g/mol. The van der Waals surface area contributed by atoms with Crippen LogP contribution in [0.15, 0.2) is 29.9 Å². The van der Waals surface area contributed by atoms with Gasteiger partial charge in [-0.15, -0.1) is 11.3 Å². The third-order valence-electron chi connectivity index (χ3n) is 3.97. The Morgan fingerprint density at radius 2 is 1.85 bits per heavy atom. The van der Waals surface area contributed by atoms with Gasteiger partial charge in [0.05, 0.1) is 16.8 Å². The molecule has 9 heteroatoms. The van der Waals surface area contributed by atoms with E-state index in [2.05, 4.69) is 9.97 Å². The van der Waals surface area contributed by atoms with E-state index in [4.69, 9.17) is 4.74 Å². The molecule has 0 atom stereocenters. The predicted molar refractivity (Wildman–Crippen MR) is 93.9 cm³/mol. The van der Waals surface area contributed by atoms with E-state index in [1.807, 2.05) is 11.4 Å². The van der Waals surface area contributed by atoms with Crippen molar-refractivity contribution in [3.05, 3.63) is 46.2 Å². The molecular formula is C17H18N4O4S. The highest BCUT2D eigenvalue weighted by Crippen LogP contribution is 2.14. The molecule has 136 valence electrons. The topological polar surface area (TPSA) is 92.7 Å². The van der Waals surface area contributed by atoms with Gasteiger partial charge in [0.2, 0.25) is 0 Å². The normalized spacial score (nSPS) is 14.2. The Labute approximate surface area is 154 Å². The van der Waals surface area contributed by atoms with Crippen molar-refractivity contribution < 1.29 is 19.1 Å². The Bertz CT molecular complexity index is 784. The second-order valence-electron chi connectivity index (χ2n) is 5.77. The maximum absolute atomic E-state index is 12.3. The first-order valence-electron chi connectivity index (χ1n) is 8.11. The fourth-order valence-corrected chi connectivity index (χ4v) is 3.20. The average molecular weight is 374 g/mol. The smallest absolute Gasteiger partial charge is 0.359 e. The molecule has 0 saturated carbocycles. The van der Waals surface area contributed by atoms with Crippen LogP contribution >= 0.6 is 11.3 Å². The summed E-state index contributed by atoms with van der Waals surface area (Å²) in [5.41, 5.74) is 0.752. The van der Waals surface area contributed by atoms with Crippen molar-refractivity contribution in [3.8, 4) is 0 Å². The number of nitrogens with zero attached hydrogens (tertiary/aromatic N) is 4. The Morgan fingerprint density at radius 1 is 1.12 bits per heavy atom. The standard InChI is InChI=1S/C17H18N4O4S/c1-12-9-19-13(10-18-12)17(24)25-11-15(22)20-4-6-21(7-5-20)16(23)14-3-2-8-26-14/h2-3,8-10H,4-7,11H2,1H3. The van der Waals surface area contributed by atoms with Gasteiger partial charge in [-0.05, 0) is 18.4 Å². The molecule has 0 radical (unpaired) electrons. The summed E-state index contributed by atoms with van der Waals surface area (Å²) in [5, 5.41) is 1.86. The van der Waals surface area contributed by atoms with Crippen LogP contribution in [0.2, 0.25) is 0 Å². The molecule has 26 heavy (non-hydrogen) atoms. The van der Waals surface area contributed by atoms with Gasteiger partial charge in [-0.25, -0.2) is 9.78 Å². The van der Waals surface area contributed by atoms with Gasteiger partial charge in [0.1, 0.15) is 0 Å². The van der Waals surface area contributed by atoms with Crippen LogP contribution in [-0.2, 0) is 9.53 Å². The molecule has 1 saturated heterocycles. The fourth-order valence-electron chi connectivity index (χ4n) is 2.51. The van der Waals surface area contributed by atoms with E-state index in [0.29, 0.717) is 36.8 Å². The molecular weight excluding hydrogens is 356 g/mol. The highest BCUT2D eigenvalue weighted by Gasteiger charge is 2.26. The summed E-state index contributed by atoms with van der Waals surface area (Å²) in [6.07, 6.45) is 2.78. The lowest BCUT2D eigenvalue weighted by Crippen LogP contribution is -2.51. The number of piperazine rings is 1. The van der Waals surface area contributed by atoms with Crippen molar-refractivity contribution in [2.45, 2.75) is 6.92 Å². The van der Waals surface area contributed by atoms with Crippen molar-refractivity contribution in [1.82, 2.24) is 19.8 Å². The Balaban J connectivity index is 1.45. The Kier molecular flexibility index (Phi) is 5.57. The summed E-state index contributed by atoms with van der Waals surface area (Å²) < 4.78 is 5.00. The van der Waals surface area contributed by atoms with Crippen LogP contribution in [0, 0.1) is 6.92 Å². The maximum atomic E-state index is 12.3. The number of amides is 2. The molecule has 0 aliphatic carbocycles. The molecule has 3 heterocycles. The van der Waals surface area contributed by atoms with Crippen LogP contribution in [0.4, 0.5) is 0 Å². The van der Waals surface area contributed by atoms with Crippen LogP contribution in [0.1, 0.15) is 25.9 Å². The summed E-state index contributed by atoms with van der Waals surface area (Å²) in [6.45, 7) is 3.15. The SMILES string of the molecule is Cc1cnc(C(=O)OCC(=O)N2CCN(C(=O)c3cccs3)CC2)cn1. The highest BCUT2D eigenvalue weighted by molar-refractivity contribution is 7.12. The van der Waals surface area contributed by atoms with Gasteiger partial charge in [-0.1, -0.05) is 6.07 Å². The molecule has 1 aliphatic rings. The van der Waals surface area contributed by atoms with Gasteiger partial charge < -0.3 is 14.5 Å². The molecule has 0 spiro atoms. The second kappa shape index (κ2) is 8.05. The number of ether oxygens (including phenoxy) is 1. The van der Waals surface area contributed by atoms with Gasteiger partial charge in [0.25, 0.3) is 11.8 Å². The first-order valence-corrected chi connectivity index (χ1v) is 8.99. The minimum absolute atomic E-state index is 0.0172. The summed E-state index contributed by atoms with van der Waals surface area (Å²) in [6, 6.07) is 3.63. The van der Waals surface area contributed by atoms with Gasteiger partial charge in [-0.2, -0.15) is 0 Å². The number of thiophene rings is 1. The van der Waals surface area contributed by atoms with E-state index >= 15 is 0 Å². The largest absolute Gasteiger partial charge is 0.451 e. The van der Waals surface area contributed by atoms with E-state index < -0.39 is 5.97 Å². The third-order valence-corrected chi connectivity index (χ3v) is 4.83. The molecule has 2 aromatic heterocycles. The fraction of sp³-hybridized carbons (Fsp3) is 0.353. The van der Waals surface area contributed by atoms with E-state index in [1.165, 1.54) is 23.7 Å². The third kappa shape index (κ3) is 4.23. The van der Waals surface area contributed by atoms with Crippen molar-refractivity contribution in [1.29, 1.82) is 0 Å². The number of carbonyl (C=O) groups excluding carboxylic acids is 3. The summed E-state index contributed by atoms with van der Waals surface area (Å²) >= 11 is 1.40. The molecule has 0 bridgehead atoms. The molecule has 1 aliphatic heterocycles. The summed E-state index contributed by atoms with van der Waals surface area (Å²) in [5.74, 6) is -0.990. The van der Waals surface area contributed by atoms with Crippen LogP contribution in [0.5, 0.6) is 0 Å². The molecule has 8 nitrogen and oxygen atoms in total. The number of carbonyl (C=O) groups is 3. The lowest BCUT2D eigenvalue weighted by atomic mass is 10.3. The zero-order chi connectivity index (χ0) is 18.5. The van der Waals surface area contributed by atoms with Crippen LogP contribution < -0.4 is 0 Å². The zero-order valence-electron chi connectivity index (χ0n) is 14.3. The Morgan fingerprint density at radius 3 is 2.46 bits per heavy atom. The second-order valence-corrected chi connectivity index (χ2v) is 6.72. The quantitative estimate of drug-likeness (QED) is 0.741. The molecule has 0 aromatic carbocycles. The van der Waals surface area contributed by atoms with Crippen molar-refractivity contribution >= 4 is 29.1 Å². The van der Waals surface area contributed by atoms with Crippen molar-refractivity contribution in [3.63, 3.8) is 0 Å². The molecule has 3 rings (SSSR count). The predicted octanol–water partition coefficient (Wildman–Crippen LogP) is 0.988. The number of esters is 1. The minimum atomic E-state index is -0.683. The van der Waals surface area contributed by atoms with Crippen molar-refractivity contribution in [2.24, 2.45) is 0 Å². The first kappa shape index (κ1) is 18.0. The van der Waals surface area contributed by atoms with Gasteiger partial charge >= 0.3 is 5.97 Å². The van der Waals surface area contributed by atoms with Crippen molar-refractivity contribution in [2.75, 3.05) is 32.8 Å². The molecule has 0 N–H and O–H groups in total. The van der Waals surface area contributed by atoms with E-state index in [-0.39, 0.29) is 24.1 Å². The average Bonchev–Trinajstić information content (AvgIpc) is 3.20. The molecule has 2 aromatic rings.